The van der Waals surface area contributed by atoms with Crippen molar-refractivity contribution in [2.45, 2.75) is 32.5 Å². The topological polar surface area (TPSA) is 28.2 Å². The molecule has 0 radical (unpaired) electrons. The maximum Gasteiger partial charge on any atom is 0.108 e. The second-order valence-corrected chi connectivity index (χ2v) is 6.72. The molecule has 92 valence electrons. The lowest BCUT2D eigenvalue weighted by atomic mass is 10.1. The van der Waals surface area contributed by atoms with E-state index < -0.39 is 0 Å². The van der Waals surface area contributed by atoms with Gasteiger partial charge in [0.2, 0.25) is 0 Å². The van der Waals surface area contributed by atoms with Crippen LogP contribution in [-0.4, -0.2) is 35.1 Å². The number of aromatic nitrogens is 1. The van der Waals surface area contributed by atoms with Crippen molar-refractivity contribution in [1.82, 2.24) is 15.2 Å². The molecule has 2 atom stereocenters. The van der Waals surface area contributed by atoms with Crippen LogP contribution >= 0.6 is 39.7 Å². The highest BCUT2D eigenvalue weighted by Crippen LogP contribution is 2.21. The summed E-state index contributed by atoms with van der Waals surface area (Å²) in [5, 5.41) is 4.73. The van der Waals surface area contributed by atoms with Gasteiger partial charge in [0, 0.05) is 25.2 Å². The van der Waals surface area contributed by atoms with Gasteiger partial charge in [-0.3, -0.25) is 4.90 Å². The van der Waals surface area contributed by atoms with Crippen LogP contribution in [0.4, 0.5) is 0 Å². The predicted molar refractivity (Wildman–Crippen MR) is 74.4 cm³/mol. The van der Waals surface area contributed by atoms with Crippen molar-refractivity contribution < 1.29 is 0 Å². The van der Waals surface area contributed by atoms with Crippen LogP contribution in [-0.2, 0) is 6.54 Å². The third-order valence-electron chi connectivity index (χ3n) is 2.52. The molecular weight excluding hydrogens is 310 g/mol. The monoisotopic (exact) mass is 325 g/mol. The number of thiazole rings is 1. The largest absolute Gasteiger partial charge is 0.309 e. The average molecular weight is 327 g/mol. The molecule has 1 aromatic rings. The Bertz CT molecular complexity index is 324. The number of piperazine rings is 1. The maximum absolute atomic E-state index is 4.37. The van der Waals surface area contributed by atoms with Crippen molar-refractivity contribution in [2.24, 2.45) is 0 Å². The van der Waals surface area contributed by atoms with Crippen molar-refractivity contribution >= 4 is 39.7 Å². The molecule has 1 aliphatic rings. The van der Waals surface area contributed by atoms with Crippen LogP contribution in [0.1, 0.15) is 18.9 Å². The lowest BCUT2D eigenvalue weighted by molar-refractivity contribution is 0.166. The molecule has 0 bridgehead atoms. The molecule has 0 spiro atoms. The lowest BCUT2D eigenvalue weighted by Gasteiger charge is -2.35. The van der Waals surface area contributed by atoms with Crippen LogP contribution in [0.2, 0.25) is 0 Å². The van der Waals surface area contributed by atoms with Gasteiger partial charge in [0.25, 0.3) is 0 Å². The number of hydrogen-bond donors (Lipinski definition) is 1. The minimum atomic E-state index is 0. The molecule has 1 aromatic heterocycles. The molecule has 0 saturated carbocycles. The normalized spacial score (nSPS) is 26.4. The first kappa shape index (κ1) is 14.4. The van der Waals surface area contributed by atoms with Crippen LogP contribution in [0.3, 0.4) is 0 Å². The van der Waals surface area contributed by atoms with E-state index >= 15 is 0 Å². The quantitative estimate of drug-likeness (QED) is 0.905. The zero-order valence-corrected chi connectivity index (χ0v) is 12.7. The van der Waals surface area contributed by atoms with Gasteiger partial charge in [-0.15, -0.1) is 23.7 Å². The van der Waals surface area contributed by atoms with E-state index in [-0.39, 0.29) is 12.4 Å². The van der Waals surface area contributed by atoms with Crippen molar-refractivity contribution in [2.75, 3.05) is 13.1 Å². The molecule has 3 nitrogen and oxygen atoms in total. The van der Waals surface area contributed by atoms with E-state index in [1.807, 2.05) is 6.20 Å². The number of nitrogens with zero attached hydrogens (tertiary/aromatic N) is 2. The summed E-state index contributed by atoms with van der Waals surface area (Å²) in [4.78, 5) is 6.84. The first-order chi connectivity index (χ1) is 7.13. The first-order valence-electron chi connectivity index (χ1n) is 5.22. The minimum Gasteiger partial charge on any atom is -0.309 e. The highest BCUT2D eigenvalue weighted by molar-refractivity contribution is 9.11. The molecule has 6 heteroatoms. The number of rotatable bonds is 2. The third kappa shape index (κ3) is 3.96. The first-order valence-corrected chi connectivity index (χ1v) is 6.83. The van der Waals surface area contributed by atoms with Gasteiger partial charge >= 0.3 is 0 Å². The van der Waals surface area contributed by atoms with Gasteiger partial charge in [-0.2, -0.15) is 0 Å². The second-order valence-electron chi connectivity index (χ2n) is 4.22. The summed E-state index contributed by atoms with van der Waals surface area (Å²) in [5.41, 5.74) is 0. The van der Waals surface area contributed by atoms with Crippen molar-refractivity contribution in [3.8, 4) is 0 Å². The van der Waals surface area contributed by atoms with E-state index in [0.29, 0.717) is 12.1 Å². The van der Waals surface area contributed by atoms with E-state index in [4.69, 9.17) is 0 Å². The minimum absolute atomic E-state index is 0. The molecule has 16 heavy (non-hydrogen) atoms. The fourth-order valence-electron chi connectivity index (χ4n) is 2.12. The smallest absolute Gasteiger partial charge is 0.108 e. The second kappa shape index (κ2) is 6.31. The Morgan fingerprint density at radius 1 is 1.50 bits per heavy atom. The van der Waals surface area contributed by atoms with Gasteiger partial charge in [-0.25, -0.2) is 4.98 Å². The highest BCUT2D eigenvalue weighted by Gasteiger charge is 2.21. The Morgan fingerprint density at radius 3 is 2.62 bits per heavy atom. The van der Waals surface area contributed by atoms with Gasteiger partial charge in [0.1, 0.15) is 5.01 Å². The lowest BCUT2D eigenvalue weighted by Crippen LogP contribution is -2.53. The molecule has 1 saturated heterocycles. The Kier molecular flexibility index (Phi) is 5.67. The molecule has 2 rings (SSSR count). The summed E-state index contributed by atoms with van der Waals surface area (Å²) in [6.45, 7) is 7.68. The SMILES string of the molecule is CC1CN(Cc2ncc(Br)s2)CC(C)N1.Cl. The van der Waals surface area contributed by atoms with Gasteiger partial charge in [-0.05, 0) is 29.8 Å². The maximum atomic E-state index is 4.37. The summed E-state index contributed by atoms with van der Waals surface area (Å²) in [5.74, 6) is 0. The fraction of sp³-hybridized carbons (Fsp3) is 0.700. The Labute approximate surface area is 115 Å². The third-order valence-corrected chi connectivity index (χ3v) is 3.98. The van der Waals surface area contributed by atoms with E-state index in [2.05, 4.69) is 45.0 Å². The molecular formula is C10H17BrClN3S. The number of halogens is 2. The van der Waals surface area contributed by atoms with Gasteiger partial charge in [0.15, 0.2) is 0 Å². The molecule has 1 aliphatic heterocycles. The van der Waals surface area contributed by atoms with Crippen molar-refractivity contribution in [1.29, 1.82) is 0 Å². The molecule has 2 heterocycles. The molecule has 0 aliphatic carbocycles. The summed E-state index contributed by atoms with van der Waals surface area (Å²) in [6, 6.07) is 1.16. The fourth-order valence-corrected chi connectivity index (χ4v) is 3.47. The summed E-state index contributed by atoms with van der Waals surface area (Å²) in [7, 11) is 0. The van der Waals surface area contributed by atoms with Crippen LogP contribution in [0.25, 0.3) is 0 Å². The Balaban J connectivity index is 0.00000128. The van der Waals surface area contributed by atoms with Gasteiger partial charge < -0.3 is 5.32 Å². The van der Waals surface area contributed by atoms with E-state index in [9.17, 15) is 0 Å². The van der Waals surface area contributed by atoms with E-state index in [1.54, 1.807) is 11.3 Å². The molecule has 1 fully saturated rings. The van der Waals surface area contributed by atoms with Crippen molar-refractivity contribution in [3.63, 3.8) is 0 Å². The Morgan fingerprint density at radius 2 is 2.12 bits per heavy atom. The zero-order chi connectivity index (χ0) is 10.8. The summed E-state index contributed by atoms with van der Waals surface area (Å²) in [6.07, 6.45) is 1.88. The average Bonchev–Trinajstić information content (AvgIpc) is 2.49. The molecule has 0 amide bonds. The van der Waals surface area contributed by atoms with Crippen LogP contribution < -0.4 is 5.32 Å². The number of hydrogen-bond acceptors (Lipinski definition) is 4. The highest BCUT2D eigenvalue weighted by atomic mass is 79.9. The van der Waals surface area contributed by atoms with Crippen LogP contribution in [0, 0.1) is 0 Å². The molecule has 0 aromatic carbocycles. The van der Waals surface area contributed by atoms with E-state index in [1.165, 1.54) is 5.01 Å². The van der Waals surface area contributed by atoms with Gasteiger partial charge in [0.05, 0.1) is 16.5 Å². The standard InChI is InChI=1S/C10H16BrN3S.ClH/c1-7-4-14(5-8(2)13-7)6-10-12-3-9(11)15-10;/h3,7-8,13H,4-6H2,1-2H3;1H. The van der Waals surface area contributed by atoms with Crippen LogP contribution in [0.15, 0.2) is 9.98 Å². The zero-order valence-electron chi connectivity index (χ0n) is 9.44. The molecule has 2 unspecified atom stereocenters. The van der Waals surface area contributed by atoms with Crippen molar-refractivity contribution in [3.05, 3.63) is 15.0 Å². The molecule has 1 N–H and O–H groups in total. The van der Waals surface area contributed by atoms with E-state index in [0.717, 1.165) is 23.4 Å². The summed E-state index contributed by atoms with van der Waals surface area (Å²) >= 11 is 5.17. The number of nitrogens with one attached hydrogen (secondary N) is 1. The predicted octanol–water partition coefficient (Wildman–Crippen LogP) is 2.51. The summed E-state index contributed by atoms with van der Waals surface area (Å²) < 4.78 is 1.12. The van der Waals surface area contributed by atoms with Crippen LogP contribution in [0.5, 0.6) is 0 Å². The van der Waals surface area contributed by atoms with Gasteiger partial charge in [-0.1, -0.05) is 0 Å². The Hall–Kier alpha value is 0.320.